The first kappa shape index (κ1) is 13.4. The van der Waals surface area contributed by atoms with E-state index in [1.165, 1.54) is 0 Å². The molecule has 0 saturated carbocycles. The van der Waals surface area contributed by atoms with Crippen LogP contribution in [0.2, 0.25) is 0 Å². The Hall–Kier alpha value is -0.610. The molecule has 4 N–H and O–H groups in total. The van der Waals surface area contributed by atoms with Gasteiger partial charge in [0.05, 0.1) is 0 Å². The molecule has 14 heavy (non-hydrogen) atoms. The molecule has 0 aliphatic heterocycles. The van der Waals surface area contributed by atoms with Gasteiger partial charge < -0.3 is 16.4 Å². The molecule has 0 aromatic heterocycles. The van der Waals surface area contributed by atoms with E-state index in [0.717, 1.165) is 19.3 Å². The van der Waals surface area contributed by atoms with E-state index in [0.29, 0.717) is 6.42 Å². The largest absolute Gasteiger partial charge is 0.349 e. The first-order valence-electron chi connectivity index (χ1n) is 5.20. The highest BCUT2D eigenvalue weighted by Gasteiger charge is 2.17. The molecular weight excluding hydrogens is 178 g/mol. The summed E-state index contributed by atoms with van der Waals surface area (Å²) in [4.78, 5) is 12.9. The van der Waals surface area contributed by atoms with Crippen molar-refractivity contribution in [3.63, 3.8) is 0 Å². The minimum absolute atomic E-state index is 0.0458. The normalized spacial score (nSPS) is 14.9. The second kappa shape index (κ2) is 6.79. The molecule has 0 saturated heterocycles. The zero-order valence-electron chi connectivity index (χ0n) is 9.49. The van der Waals surface area contributed by atoms with Gasteiger partial charge in [0.2, 0.25) is 5.91 Å². The van der Waals surface area contributed by atoms with E-state index in [-0.39, 0.29) is 18.0 Å². The number of nitrogens with zero attached hydrogens (tertiary/aromatic N) is 1. The van der Waals surface area contributed by atoms with Crippen molar-refractivity contribution in [3.05, 3.63) is 0 Å². The second-order valence-electron chi connectivity index (χ2n) is 3.96. The lowest BCUT2D eigenvalue weighted by Crippen LogP contribution is -2.44. The molecule has 0 bridgehead atoms. The molecular formula is C10H23N3O. The van der Waals surface area contributed by atoms with Crippen molar-refractivity contribution in [1.82, 2.24) is 4.90 Å². The third kappa shape index (κ3) is 5.19. The lowest BCUT2D eigenvalue weighted by atomic mass is 10.0. The van der Waals surface area contributed by atoms with Crippen molar-refractivity contribution in [2.45, 2.75) is 44.7 Å². The number of carbonyl (C=O) groups excluding carboxylic acids is 1. The van der Waals surface area contributed by atoms with Crippen molar-refractivity contribution >= 4 is 5.91 Å². The van der Waals surface area contributed by atoms with Crippen LogP contribution in [0.15, 0.2) is 0 Å². The van der Waals surface area contributed by atoms with Gasteiger partial charge in [-0.2, -0.15) is 0 Å². The fourth-order valence-electron chi connectivity index (χ4n) is 1.19. The van der Waals surface area contributed by atoms with Gasteiger partial charge in [0.15, 0.2) is 0 Å². The molecule has 0 aliphatic rings. The van der Waals surface area contributed by atoms with E-state index in [1.54, 1.807) is 19.0 Å². The molecule has 0 aliphatic carbocycles. The maximum Gasteiger partial charge on any atom is 0.223 e. The van der Waals surface area contributed by atoms with Crippen molar-refractivity contribution in [3.8, 4) is 0 Å². The number of hydrogen-bond acceptors (Lipinski definition) is 3. The number of rotatable bonds is 6. The van der Waals surface area contributed by atoms with E-state index in [1.807, 2.05) is 0 Å². The third-order valence-electron chi connectivity index (χ3n) is 2.35. The maximum absolute atomic E-state index is 11.3. The highest BCUT2D eigenvalue weighted by Crippen LogP contribution is 2.04. The fourth-order valence-corrected chi connectivity index (χ4v) is 1.19. The number of unbranched alkanes of at least 4 members (excludes halogenated alkanes) is 1. The van der Waals surface area contributed by atoms with E-state index in [4.69, 9.17) is 11.5 Å². The summed E-state index contributed by atoms with van der Waals surface area (Å²) in [6.07, 6.45) is 3.43. The summed E-state index contributed by atoms with van der Waals surface area (Å²) in [7, 11) is 3.46. The van der Waals surface area contributed by atoms with Crippen molar-refractivity contribution in [2.24, 2.45) is 11.5 Å². The Morgan fingerprint density at radius 1 is 1.29 bits per heavy atom. The van der Waals surface area contributed by atoms with Crippen molar-refractivity contribution in [2.75, 3.05) is 14.1 Å². The van der Waals surface area contributed by atoms with Gasteiger partial charge in [-0.25, -0.2) is 0 Å². The van der Waals surface area contributed by atoms with Gasteiger partial charge in [0.1, 0.15) is 0 Å². The SMILES string of the molecule is CCCCC(N)C(N)CC(=O)N(C)C. The molecule has 0 heterocycles. The van der Waals surface area contributed by atoms with Crippen LogP contribution in [0.5, 0.6) is 0 Å². The average molecular weight is 201 g/mol. The predicted octanol–water partition coefficient (Wildman–Crippen LogP) is 0.310. The zero-order valence-corrected chi connectivity index (χ0v) is 9.49. The fraction of sp³-hybridized carbons (Fsp3) is 0.900. The van der Waals surface area contributed by atoms with Crippen LogP contribution in [0.4, 0.5) is 0 Å². The minimum atomic E-state index is -0.212. The van der Waals surface area contributed by atoms with Crippen molar-refractivity contribution in [1.29, 1.82) is 0 Å². The molecule has 0 spiro atoms. The average Bonchev–Trinajstić information content (AvgIpc) is 2.13. The number of hydrogen-bond donors (Lipinski definition) is 2. The highest BCUT2D eigenvalue weighted by molar-refractivity contribution is 5.76. The van der Waals surface area contributed by atoms with E-state index in [2.05, 4.69) is 6.92 Å². The zero-order chi connectivity index (χ0) is 11.1. The summed E-state index contributed by atoms with van der Waals surface area (Å²) in [5.74, 6) is 0.0458. The van der Waals surface area contributed by atoms with Crippen LogP contribution in [-0.4, -0.2) is 37.0 Å². The standard InChI is InChI=1S/C10H23N3O/c1-4-5-6-8(11)9(12)7-10(14)13(2)3/h8-9H,4-7,11-12H2,1-3H3. The Morgan fingerprint density at radius 3 is 2.29 bits per heavy atom. The Bertz CT molecular complexity index is 171. The van der Waals surface area contributed by atoms with Gasteiger partial charge in [-0.3, -0.25) is 4.79 Å². The molecule has 2 unspecified atom stereocenters. The number of nitrogens with two attached hydrogens (primary N) is 2. The second-order valence-corrected chi connectivity index (χ2v) is 3.96. The van der Waals surface area contributed by atoms with Gasteiger partial charge in [0.25, 0.3) is 0 Å². The Kier molecular flexibility index (Phi) is 6.49. The first-order valence-corrected chi connectivity index (χ1v) is 5.20. The quantitative estimate of drug-likeness (QED) is 0.649. The predicted molar refractivity (Wildman–Crippen MR) is 58.8 cm³/mol. The van der Waals surface area contributed by atoms with Gasteiger partial charge in [0, 0.05) is 32.6 Å². The number of amides is 1. The van der Waals surface area contributed by atoms with Gasteiger partial charge in [-0.1, -0.05) is 19.8 Å². The Labute approximate surface area is 86.6 Å². The van der Waals surface area contributed by atoms with Gasteiger partial charge in [-0.15, -0.1) is 0 Å². The van der Waals surface area contributed by atoms with Crippen molar-refractivity contribution < 1.29 is 4.79 Å². The van der Waals surface area contributed by atoms with Crippen LogP contribution in [0, 0.1) is 0 Å². The molecule has 4 nitrogen and oxygen atoms in total. The summed E-state index contributed by atoms with van der Waals surface area (Å²) in [6, 6.07) is -0.268. The van der Waals surface area contributed by atoms with E-state index in [9.17, 15) is 4.79 Å². The summed E-state index contributed by atoms with van der Waals surface area (Å²) in [5, 5.41) is 0. The van der Waals surface area contributed by atoms with Gasteiger partial charge in [-0.05, 0) is 6.42 Å². The molecule has 84 valence electrons. The molecule has 2 atom stereocenters. The Morgan fingerprint density at radius 2 is 1.86 bits per heavy atom. The molecule has 4 heteroatoms. The van der Waals surface area contributed by atoms with Crippen LogP contribution in [0.1, 0.15) is 32.6 Å². The van der Waals surface area contributed by atoms with Crippen LogP contribution < -0.4 is 11.5 Å². The van der Waals surface area contributed by atoms with E-state index < -0.39 is 0 Å². The molecule has 0 aromatic rings. The molecule has 0 aromatic carbocycles. The monoisotopic (exact) mass is 201 g/mol. The summed E-state index contributed by atoms with van der Waals surface area (Å²) >= 11 is 0. The summed E-state index contributed by atoms with van der Waals surface area (Å²) < 4.78 is 0. The summed E-state index contributed by atoms with van der Waals surface area (Å²) in [5.41, 5.74) is 11.7. The first-order chi connectivity index (χ1) is 6.49. The summed E-state index contributed by atoms with van der Waals surface area (Å²) in [6.45, 7) is 2.11. The molecule has 1 amide bonds. The highest BCUT2D eigenvalue weighted by atomic mass is 16.2. The van der Waals surface area contributed by atoms with Gasteiger partial charge >= 0.3 is 0 Å². The molecule has 0 rings (SSSR count). The smallest absolute Gasteiger partial charge is 0.223 e. The minimum Gasteiger partial charge on any atom is -0.349 e. The van der Waals surface area contributed by atoms with Crippen LogP contribution in [0.25, 0.3) is 0 Å². The lowest BCUT2D eigenvalue weighted by molar-refractivity contribution is -0.129. The third-order valence-corrected chi connectivity index (χ3v) is 2.35. The lowest BCUT2D eigenvalue weighted by Gasteiger charge is -2.20. The number of carbonyl (C=O) groups is 1. The molecule has 0 radical (unpaired) electrons. The molecule has 0 fully saturated rings. The Balaban J connectivity index is 3.82. The van der Waals surface area contributed by atoms with Crippen LogP contribution in [0.3, 0.4) is 0 Å². The van der Waals surface area contributed by atoms with Crippen LogP contribution >= 0.6 is 0 Å². The van der Waals surface area contributed by atoms with Crippen LogP contribution in [-0.2, 0) is 4.79 Å². The maximum atomic E-state index is 11.3. The van der Waals surface area contributed by atoms with E-state index >= 15 is 0 Å². The topological polar surface area (TPSA) is 72.3 Å².